The van der Waals surface area contributed by atoms with E-state index in [1.165, 1.54) is 0 Å². The van der Waals surface area contributed by atoms with Crippen molar-refractivity contribution in [2.75, 3.05) is 13.2 Å². The molecule has 0 aromatic heterocycles. The Morgan fingerprint density at radius 1 is 0.926 bits per heavy atom. The van der Waals surface area contributed by atoms with Crippen LogP contribution in [0.5, 0.6) is 0 Å². The number of carbonyl (C=O) groups is 2. The maximum Gasteiger partial charge on any atom is 1.00 e. The van der Waals surface area contributed by atoms with Gasteiger partial charge in [0.15, 0.2) is 0 Å². The number of rotatable bonds is 4. The Kier molecular flexibility index (Phi) is 20.3. The summed E-state index contributed by atoms with van der Waals surface area (Å²) in [6.07, 6.45) is 4.08. The summed E-state index contributed by atoms with van der Waals surface area (Å²) < 4.78 is 9.96. The molecular formula is C20H38ClKO5. The van der Waals surface area contributed by atoms with Gasteiger partial charge in [0.25, 0.3) is 0 Å². The normalized spacial score (nSPS) is 15.3. The molecule has 0 saturated heterocycles. The van der Waals surface area contributed by atoms with E-state index in [4.69, 9.17) is 21.1 Å². The monoisotopic (exact) mass is 432 g/mol. The van der Waals surface area contributed by atoms with Crippen LogP contribution in [0.15, 0.2) is 0 Å². The molecule has 7 heteroatoms. The maximum atomic E-state index is 11.0. The molecule has 0 bridgehead atoms. The van der Waals surface area contributed by atoms with Crippen molar-refractivity contribution >= 4 is 22.8 Å². The molecule has 0 aromatic carbocycles. The van der Waals surface area contributed by atoms with Crippen molar-refractivity contribution in [2.24, 2.45) is 11.8 Å². The average molecular weight is 433 g/mol. The van der Waals surface area contributed by atoms with E-state index in [-0.39, 0.29) is 80.0 Å². The number of carbonyl (C=O) groups excluding carboxylic acids is 2. The Morgan fingerprint density at radius 3 is 1.37 bits per heavy atom. The first-order valence-electron chi connectivity index (χ1n) is 9.41. The summed E-state index contributed by atoms with van der Waals surface area (Å²) in [6, 6.07) is 0. The predicted molar refractivity (Wildman–Crippen MR) is 104 cm³/mol. The van der Waals surface area contributed by atoms with E-state index in [2.05, 4.69) is 0 Å². The summed E-state index contributed by atoms with van der Waals surface area (Å²) in [6.45, 7) is 16.3. The Bertz CT molecular complexity index is 386. The number of hydrogen-bond donors (Lipinski definition) is 0. The van der Waals surface area contributed by atoms with E-state index in [0.717, 1.165) is 38.9 Å². The maximum absolute atomic E-state index is 11.0. The standard InChI is InChI=1S/C8H14O2.C4H5ClO.C4H9O.C4H10O.K/c1-8(2,3)10-7(9)6-4-5-6;5-4(6)3-1-2-3;1-4(2,3)5;1-3-5-4-2;/h6H,4-5H2,1-3H3;3H,1-2H2;1-3H3;3-4H2,1-2H3;/q;;-1;;+1. The molecule has 2 aliphatic rings. The third kappa shape index (κ3) is 34.9. The first kappa shape index (κ1) is 32.6. The van der Waals surface area contributed by atoms with Gasteiger partial charge in [0, 0.05) is 19.1 Å². The van der Waals surface area contributed by atoms with Crippen LogP contribution in [-0.2, 0) is 19.1 Å². The van der Waals surface area contributed by atoms with Crippen molar-refractivity contribution in [3.8, 4) is 0 Å². The van der Waals surface area contributed by atoms with Crippen LogP contribution in [0.3, 0.4) is 0 Å². The predicted octanol–water partition coefficient (Wildman–Crippen LogP) is 1.09. The van der Waals surface area contributed by atoms with Crippen LogP contribution in [0, 0.1) is 11.8 Å². The van der Waals surface area contributed by atoms with Gasteiger partial charge in [-0.2, -0.15) is 0 Å². The van der Waals surface area contributed by atoms with Gasteiger partial charge in [-0.05, 0) is 71.9 Å². The molecule has 27 heavy (non-hydrogen) atoms. The first-order chi connectivity index (χ1) is 11.7. The van der Waals surface area contributed by atoms with Crippen molar-refractivity contribution in [3.05, 3.63) is 0 Å². The van der Waals surface area contributed by atoms with Crippen molar-refractivity contribution in [3.63, 3.8) is 0 Å². The molecule has 0 N–H and O–H groups in total. The summed E-state index contributed by atoms with van der Waals surface area (Å²) in [5, 5.41) is 9.95. The second kappa shape index (κ2) is 16.7. The number of esters is 1. The fourth-order valence-corrected chi connectivity index (χ4v) is 1.44. The molecule has 2 rings (SSSR count). The van der Waals surface area contributed by atoms with Crippen molar-refractivity contribution < 1.29 is 75.6 Å². The van der Waals surface area contributed by atoms with E-state index in [1.807, 2.05) is 34.6 Å². The topological polar surface area (TPSA) is 75.7 Å². The van der Waals surface area contributed by atoms with Crippen LogP contribution >= 0.6 is 11.6 Å². The van der Waals surface area contributed by atoms with Crippen molar-refractivity contribution in [1.29, 1.82) is 0 Å². The van der Waals surface area contributed by atoms with Crippen molar-refractivity contribution in [1.82, 2.24) is 0 Å². The minimum Gasteiger partial charge on any atom is -0.850 e. The van der Waals surface area contributed by atoms with Gasteiger partial charge in [0.05, 0.1) is 5.92 Å². The molecule has 0 radical (unpaired) electrons. The molecular weight excluding hydrogens is 395 g/mol. The van der Waals surface area contributed by atoms with Gasteiger partial charge < -0.3 is 14.6 Å². The molecule has 0 unspecified atom stereocenters. The third-order valence-corrected chi connectivity index (χ3v) is 2.93. The average Bonchev–Trinajstić information content (AvgIpc) is 3.27. The second-order valence-electron chi connectivity index (χ2n) is 8.28. The van der Waals surface area contributed by atoms with E-state index in [0.29, 0.717) is 0 Å². The summed E-state index contributed by atoms with van der Waals surface area (Å²) in [4.78, 5) is 21.0. The van der Waals surface area contributed by atoms with E-state index >= 15 is 0 Å². The van der Waals surface area contributed by atoms with Gasteiger partial charge in [-0.3, -0.25) is 9.59 Å². The van der Waals surface area contributed by atoms with Gasteiger partial charge in [0.2, 0.25) is 5.24 Å². The van der Waals surface area contributed by atoms with E-state index < -0.39 is 5.60 Å². The van der Waals surface area contributed by atoms with Crippen LogP contribution in [0.1, 0.15) is 81.1 Å². The Morgan fingerprint density at radius 2 is 1.26 bits per heavy atom. The van der Waals surface area contributed by atoms with E-state index in [1.54, 1.807) is 20.8 Å². The van der Waals surface area contributed by atoms with Crippen LogP contribution in [-0.4, -0.2) is 35.6 Å². The zero-order chi connectivity index (χ0) is 21.0. The van der Waals surface area contributed by atoms with Crippen LogP contribution in [0.2, 0.25) is 0 Å². The minimum absolute atomic E-state index is 0. The fraction of sp³-hybridized carbons (Fsp3) is 0.900. The first-order valence-corrected chi connectivity index (χ1v) is 9.79. The van der Waals surface area contributed by atoms with Gasteiger partial charge in [-0.25, -0.2) is 0 Å². The largest absolute Gasteiger partial charge is 1.00 e. The Balaban J connectivity index is -0.000000297. The quantitative estimate of drug-likeness (QED) is 0.377. The number of hydrogen-bond acceptors (Lipinski definition) is 5. The SMILES string of the molecule is CC(C)(C)OC(=O)C1CC1.CC(C)(C)[O-].CCOCC.O=C(Cl)C1CC1.[K+]. The molecule has 0 spiro atoms. The molecule has 2 aliphatic carbocycles. The summed E-state index contributed by atoms with van der Waals surface area (Å²) in [7, 11) is 0. The van der Waals surface area contributed by atoms with Crippen LogP contribution in [0.4, 0.5) is 0 Å². The summed E-state index contributed by atoms with van der Waals surface area (Å²) >= 11 is 5.04. The zero-order valence-corrected chi connectivity index (χ0v) is 22.7. The summed E-state index contributed by atoms with van der Waals surface area (Å²) in [5.74, 6) is 0.429. The Labute approximate surface area is 213 Å². The van der Waals surface area contributed by atoms with Crippen LogP contribution in [0.25, 0.3) is 0 Å². The fourth-order valence-electron chi connectivity index (χ4n) is 1.22. The molecule has 0 atom stereocenters. The Hall–Kier alpha value is 0.986. The number of ether oxygens (including phenoxy) is 2. The van der Waals surface area contributed by atoms with Crippen molar-refractivity contribution in [2.45, 2.75) is 92.3 Å². The van der Waals surface area contributed by atoms with Gasteiger partial charge in [-0.1, -0.05) is 20.8 Å². The minimum atomic E-state index is -0.750. The van der Waals surface area contributed by atoms with Gasteiger partial charge in [-0.15, -0.1) is 5.60 Å². The molecule has 0 aliphatic heterocycles. The number of halogens is 1. The zero-order valence-electron chi connectivity index (χ0n) is 18.8. The van der Waals surface area contributed by atoms with E-state index in [9.17, 15) is 14.7 Å². The molecule has 0 heterocycles. The molecule has 156 valence electrons. The second-order valence-corrected chi connectivity index (χ2v) is 8.65. The molecule has 0 amide bonds. The van der Waals surface area contributed by atoms with Crippen LogP contribution < -0.4 is 56.5 Å². The molecule has 5 nitrogen and oxygen atoms in total. The summed E-state index contributed by atoms with van der Waals surface area (Å²) in [5.41, 5.74) is -1.06. The molecule has 2 saturated carbocycles. The van der Waals surface area contributed by atoms with Gasteiger partial charge in [0.1, 0.15) is 5.60 Å². The van der Waals surface area contributed by atoms with Gasteiger partial charge >= 0.3 is 57.4 Å². The smallest absolute Gasteiger partial charge is 0.850 e. The molecule has 0 aromatic rings. The third-order valence-electron chi connectivity index (χ3n) is 2.62. The molecule has 2 fully saturated rings.